The van der Waals surface area contributed by atoms with Crippen molar-refractivity contribution >= 4 is 17.3 Å². The molecule has 3 N–H and O–H groups in total. The third-order valence-electron chi connectivity index (χ3n) is 8.51. The van der Waals surface area contributed by atoms with Crippen LogP contribution in [-0.2, 0) is 13.0 Å². The Morgan fingerprint density at radius 2 is 1.43 bits per heavy atom. The van der Waals surface area contributed by atoms with Gasteiger partial charge in [0.05, 0.1) is 16.8 Å². The topological polar surface area (TPSA) is 92.9 Å². The molecule has 0 amide bonds. The first kappa shape index (κ1) is 30.8. The van der Waals surface area contributed by atoms with Crippen molar-refractivity contribution < 1.29 is 19.4 Å². The number of phenols is 1. The monoisotopic (exact) mass is 588 g/mol. The van der Waals surface area contributed by atoms with E-state index in [-0.39, 0.29) is 50.4 Å². The summed E-state index contributed by atoms with van der Waals surface area (Å²) in [6.07, 6.45) is 3.84. The molecule has 44 heavy (non-hydrogen) atoms. The Hall–Kier alpha value is -4.68. The molecular weight excluding hydrogens is 548 g/mol. The zero-order valence-electron chi connectivity index (χ0n) is 25.9. The smallest absolute Gasteiger partial charge is 0.198 e. The maximum Gasteiger partial charge on any atom is 0.198 e. The Morgan fingerprint density at radius 1 is 0.841 bits per heavy atom. The Bertz CT molecular complexity index is 1710. The van der Waals surface area contributed by atoms with E-state index in [1.165, 1.54) is 11.6 Å². The molecule has 0 atom stereocenters. The predicted molar refractivity (Wildman–Crippen MR) is 176 cm³/mol. The molecule has 226 valence electrons. The van der Waals surface area contributed by atoms with Gasteiger partial charge in [-0.3, -0.25) is 14.5 Å². The second kappa shape index (κ2) is 12.1. The van der Waals surface area contributed by atoms with Crippen LogP contribution in [-0.4, -0.2) is 33.7 Å². The van der Waals surface area contributed by atoms with Crippen LogP contribution in [0.1, 0.15) is 77.1 Å². The molecule has 5 rings (SSSR count). The highest BCUT2D eigenvalue weighted by Gasteiger charge is 2.35. The summed E-state index contributed by atoms with van der Waals surface area (Å²) in [5.74, 6) is -0.565. The fraction of sp³-hybridized carbons (Fsp3) is 0.263. The lowest BCUT2D eigenvalue weighted by Gasteiger charge is -2.43. The predicted octanol–water partition coefficient (Wildman–Crippen LogP) is 7.97. The second-order valence-electron chi connectivity index (χ2n) is 12.8. The molecule has 0 bridgehead atoms. The van der Waals surface area contributed by atoms with Crippen molar-refractivity contribution in [1.82, 2.24) is 4.90 Å². The van der Waals surface area contributed by atoms with Crippen LogP contribution in [0.5, 0.6) is 17.2 Å². The van der Waals surface area contributed by atoms with Crippen LogP contribution in [0.3, 0.4) is 0 Å². The standard InChI is InChI=1S/C38H40N2O4/c1-6-37(2,3)24-38(4,5)40(23-26-12-8-7-9-13-26)21-20-25-16-18-27(19-17-25)44-31-22-30(41)32-33(34(31)39)36(43)29-15-11-10-14-28(29)35(32)42/h6-19,22,41H,1,20-21,23-24,39H2,2-5H3. The molecule has 4 aromatic carbocycles. The van der Waals surface area contributed by atoms with Gasteiger partial charge in [0.25, 0.3) is 0 Å². The van der Waals surface area contributed by atoms with E-state index in [4.69, 9.17) is 10.5 Å². The lowest BCUT2D eigenvalue weighted by Crippen LogP contribution is -2.46. The maximum absolute atomic E-state index is 13.3. The number of carbonyl (C=O) groups excluding carboxylic acids is 2. The lowest BCUT2D eigenvalue weighted by molar-refractivity contribution is 0.0777. The summed E-state index contributed by atoms with van der Waals surface area (Å²) in [4.78, 5) is 28.9. The number of aromatic hydroxyl groups is 1. The molecule has 0 fully saturated rings. The Balaban J connectivity index is 1.33. The van der Waals surface area contributed by atoms with Gasteiger partial charge in [-0.2, -0.15) is 0 Å². The molecule has 0 radical (unpaired) electrons. The molecular formula is C38H40N2O4. The minimum absolute atomic E-state index is 0.00563. The van der Waals surface area contributed by atoms with E-state index >= 15 is 0 Å². The number of phenolic OH excluding ortho intramolecular Hbond substituents is 1. The molecule has 1 aliphatic carbocycles. The third kappa shape index (κ3) is 6.31. The van der Waals surface area contributed by atoms with Crippen LogP contribution >= 0.6 is 0 Å². The highest BCUT2D eigenvalue weighted by Crippen LogP contribution is 2.42. The van der Waals surface area contributed by atoms with Gasteiger partial charge in [-0.25, -0.2) is 0 Å². The van der Waals surface area contributed by atoms with Gasteiger partial charge in [-0.05, 0) is 55.4 Å². The number of carbonyl (C=O) groups is 2. The number of fused-ring (bicyclic) bond motifs is 2. The summed E-state index contributed by atoms with van der Waals surface area (Å²) in [6.45, 7) is 14.8. The fourth-order valence-electron chi connectivity index (χ4n) is 6.17. The minimum atomic E-state index is -0.437. The van der Waals surface area contributed by atoms with E-state index in [0.29, 0.717) is 5.75 Å². The average molecular weight is 589 g/mol. The summed E-state index contributed by atoms with van der Waals surface area (Å²) >= 11 is 0. The highest BCUT2D eigenvalue weighted by molar-refractivity contribution is 6.31. The van der Waals surface area contributed by atoms with Crippen LogP contribution in [0, 0.1) is 5.41 Å². The Labute approximate surface area is 259 Å². The van der Waals surface area contributed by atoms with Gasteiger partial charge in [0.1, 0.15) is 11.5 Å². The van der Waals surface area contributed by atoms with Gasteiger partial charge in [-0.1, -0.05) is 86.7 Å². The van der Waals surface area contributed by atoms with Gasteiger partial charge in [0.15, 0.2) is 17.3 Å². The van der Waals surface area contributed by atoms with Crippen molar-refractivity contribution in [2.24, 2.45) is 5.41 Å². The number of allylic oxidation sites excluding steroid dienone is 1. The summed E-state index contributed by atoms with van der Waals surface area (Å²) in [7, 11) is 0. The van der Waals surface area contributed by atoms with Crippen LogP contribution in [0.25, 0.3) is 0 Å². The lowest BCUT2D eigenvalue weighted by atomic mass is 9.79. The fourth-order valence-corrected chi connectivity index (χ4v) is 6.17. The SMILES string of the molecule is C=CC(C)(C)CC(C)(C)N(CCc1ccc(Oc2cc(O)c3c(c2N)C(=O)c2ccccc2C3=O)cc1)Cc1ccccc1. The van der Waals surface area contributed by atoms with E-state index in [0.717, 1.165) is 31.5 Å². The van der Waals surface area contributed by atoms with Crippen LogP contribution in [0.15, 0.2) is 97.6 Å². The minimum Gasteiger partial charge on any atom is -0.507 e. The van der Waals surface area contributed by atoms with E-state index < -0.39 is 11.6 Å². The number of nitrogen functional groups attached to an aromatic ring is 1. The van der Waals surface area contributed by atoms with Crippen molar-refractivity contribution in [3.63, 3.8) is 0 Å². The molecule has 4 aromatic rings. The van der Waals surface area contributed by atoms with Crippen molar-refractivity contribution in [3.8, 4) is 17.2 Å². The summed E-state index contributed by atoms with van der Waals surface area (Å²) in [5, 5.41) is 10.8. The summed E-state index contributed by atoms with van der Waals surface area (Å²) < 4.78 is 6.04. The number of ether oxygens (including phenoxy) is 1. The first-order chi connectivity index (χ1) is 20.9. The van der Waals surface area contributed by atoms with Crippen LogP contribution < -0.4 is 10.5 Å². The maximum atomic E-state index is 13.3. The van der Waals surface area contributed by atoms with Crippen molar-refractivity contribution in [2.45, 2.75) is 52.6 Å². The molecule has 0 aliphatic heterocycles. The molecule has 0 unspecified atom stereocenters. The van der Waals surface area contributed by atoms with Crippen LogP contribution in [0.2, 0.25) is 0 Å². The van der Waals surface area contributed by atoms with E-state index in [1.807, 2.05) is 36.4 Å². The molecule has 6 heteroatoms. The number of hydrogen-bond acceptors (Lipinski definition) is 6. The van der Waals surface area contributed by atoms with Crippen molar-refractivity contribution in [1.29, 1.82) is 0 Å². The van der Waals surface area contributed by atoms with E-state index in [9.17, 15) is 14.7 Å². The van der Waals surface area contributed by atoms with Gasteiger partial charge in [0, 0.05) is 35.8 Å². The molecule has 1 aliphatic rings. The quantitative estimate of drug-likeness (QED) is 0.0924. The van der Waals surface area contributed by atoms with Gasteiger partial charge >= 0.3 is 0 Å². The molecule has 0 aromatic heterocycles. The molecule has 0 saturated carbocycles. The first-order valence-corrected chi connectivity index (χ1v) is 14.9. The van der Waals surface area contributed by atoms with E-state index in [2.05, 4.69) is 63.4 Å². The number of hydrogen-bond donors (Lipinski definition) is 2. The van der Waals surface area contributed by atoms with Crippen LogP contribution in [0.4, 0.5) is 5.69 Å². The largest absolute Gasteiger partial charge is 0.507 e. The average Bonchev–Trinajstić information content (AvgIpc) is 3.00. The zero-order valence-corrected chi connectivity index (χ0v) is 25.9. The van der Waals surface area contributed by atoms with Crippen molar-refractivity contribution in [3.05, 3.63) is 131 Å². The molecule has 0 saturated heterocycles. The van der Waals surface area contributed by atoms with Crippen molar-refractivity contribution in [2.75, 3.05) is 12.3 Å². The van der Waals surface area contributed by atoms with Gasteiger partial charge in [-0.15, -0.1) is 6.58 Å². The number of nitrogens with zero attached hydrogens (tertiary/aromatic N) is 1. The second-order valence-corrected chi connectivity index (χ2v) is 12.8. The highest BCUT2D eigenvalue weighted by atomic mass is 16.5. The van der Waals surface area contributed by atoms with Gasteiger partial charge < -0.3 is 15.6 Å². The molecule has 6 nitrogen and oxygen atoms in total. The summed E-state index contributed by atoms with van der Waals surface area (Å²) in [6, 6.07) is 26.1. The third-order valence-corrected chi connectivity index (χ3v) is 8.51. The number of benzene rings is 4. The Morgan fingerprint density at radius 3 is 2.05 bits per heavy atom. The van der Waals surface area contributed by atoms with Gasteiger partial charge in [0.2, 0.25) is 0 Å². The molecule has 0 heterocycles. The zero-order chi connectivity index (χ0) is 31.6. The van der Waals surface area contributed by atoms with E-state index in [1.54, 1.807) is 24.3 Å². The number of anilines is 1. The summed E-state index contributed by atoms with van der Waals surface area (Å²) in [5.41, 5.74) is 9.15. The molecule has 0 spiro atoms. The number of ketones is 2. The number of rotatable bonds is 11. The Kier molecular flexibility index (Phi) is 8.49. The normalized spacial score (nSPS) is 13.0. The first-order valence-electron chi connectivity index (χ1n) is 14.9. The number of nitrogens with two attached hydrogens (primary N) is 1.